The van der Waals surface area contributed by atoms with Gasteiger partial charge in [-0.05, 0) is 60.0 Å². The summed E-state index contributed by atoms with van der Waals surface area (Å²) in [5, 5.41) is 10.4. The molecule has 0 amide bonds. The highest BCUT2D eigenvalue weighted by Gasteiger charge is 2.21. The third-order valence-electron chi connectivity index (χ3n) is 9.09. The summed E-state index contributed by atoms with van der Waals surface area (Å²) in [6.45, 7) is 0. The highest BCUT2D eigenvalue weighted by atomic mass is 32.1. The zero-order valence-corrected chi connectivity index (χ0v) is 24.0. The molecule has 10 rings (SSSR count). The maximum atomic E-state index is 2.50. The molecule has 7 aromatic carbocycles. The molecule has 0 spiro atoms. The van der Waals surface area contributed by atoms with E-state index in [4.69, 9.17) is 0 Å². The minimum atomic E-state index is 1.18. The molecule has 2 nitrogen and oxygen atoms in total. The number of aromatic nitrogens is 2. The monoisotopic (exact) mass is 564 g/mol. The summed E-state index contributed by atoms with van der Waals surface area (Å²) in [6.07, 6.45) is 0. The van der Waals surface area contributed by atoms with Crippen molar-refractivity contribution in [2.75, 3.05) is 0 Å². The summed E-state index contributed by atoms with van der Waals surface area (Å²) >= 11 is 1.87. The maximum absolute atomic E-state index is 2.50. The van der Waals surface area contributed by atoms with E-state index >= 15 is 0 Å². The molecular formula is C40H24N2S. The molecule has 0 aliphatic carbocycles. The molecule has 43 heavy (non-hydrogen) atoms. The van der Waals surface area contributed by atoms with Crippen molar-refractivity contribution < 1.29 is 0 Å². The van der Waals surface area contributed by atoms with Crippen molar-refractivity contribution in [3.8, 4) is 11.4 Å². The van der Waals surface area contributed by atoms with Crippen molar-refractivity contribution in [1.82, 2.24) is 9.13 Å². The van der Waals surface area contributed by atoms with Crippen LogP contribution in [0.15, 0.2) is 146 Å². The Labute approximate surface area is 251 Å². The zero-order valence-electron chi connectivity index (χ0n) is 23.2. The van der Waals surface area contributed by atoms with E-state index in [-0.39, 0.29) is 0 Å². The van der Waals surface area contributed by atoms with Gasteiger partial charge in [0, 0.05) is 52.8 Å². The Morgan fingerprint density at radius 1 is 0.349 bits per heavy atom. The van der Waals surface area contributed by atoms with E-state index in [2.05, 4.69) is 155 Å². The predicted molar refractivity (Wildman–Crippen MR) is 186 cm³/mol. The predicted octanol–water partition coefficient (Wildman–Crippen LogP) is 11.4. The fourth-order valence-electron chi connectivity index (χ4n) is 7.39. The van der Waals surface area contributed by atoms with E-state index in [1.54, 1.807) is 0 Å². The molecule has 3 heterocycles. The molecule has 0 bridgehead atoms. The van der Waals surface area contributed by atoms with Crippen LogP contribution in [0.4, 0.5) is 0 Å². The lowest BCUT2D eigenvalue weighted by atomic mass is 9.98. The van der Waals surface area contributed by atoms with Gasteiger partial charge in [0.1, 0.15) is 0 Å². The van der Waals surface area contributed by atoms with E-state index in [1.807, 2.05) is 11.3 Å². The van der Waals surface area contributed by atoms with E-state index in [1.165, 1.54) is 85.9 Å². The van der Waals surface area contributed by atoms with E-state index in [0.717, 1.165) is 0 Å². The molecule has 0 atom stereocenters. The van der Waals surface area contributed by atoms with Gasteiger partial charge in [-0.1, -0.05) is 91.0 Å². The third kappa shape index (κ3) is 3.07. The second kappa shape index (κ2) is 8.57. The lowest BCUT2D eigenvalue weighted by Crippen LogP contribution is -1.94. The van der Waals surface area contributed by atoms with Crippen LogP contribution < -0.4 is 0 Å². The van der Waals surface area contributed by atoms with Crippen molar-refractivity contribution in [1.29, 1.82) is 0 Å². The summed E-state index contributed by atoms with van der Waals surface area (Å²) in [7, 11) is 0. The average molecular weight is 565 g/mol. The van der Waals surface area contributed by atoms with Crippen LogP contribution in [0.25, 0.3) is 85.9 Å². The Bertz CT molecular complexity index is 2720. The largest absolute Gasteiger partial charge is 0.309 e. The molecule has 0 saturated heterocycles. The minimum absolute atomic E-state index is 1.18. The van der Waals surface area contributed by atoms with Gasteiger partial charge in [0.05, 0.1) is 27.8 Å². The standard InChI is InChI=1S/C40H24N2S/c1-2-11-26(12-3-1)41-30-16-7-4-13-27(30)39-33(41)23-21-25-22-24-34-40(37(25)39)28-14-5-8-17-31(28)42(34)32-18-10-20-36-38(32)29-15-6-9-19-35(29)43-36/h1-24H. The van der Waals surface area contributed by atoms with Crippen LogP contribution in [0.3, 0.4) is 0 Å². The molecule has 0 aliphatic rings. The second-order valence-corrected chi connectivity index (χ2v) is 12.4. The number of benzene rings is 7. The summed E-state index contributed by atoms with van der Waals surface area (Å²) in [5.74, 6) is 0. The van der Waals surface area contributed by atoms with E-state index in [0.29, 0.717) is 0 Å². The molecule has 200 valence electrons. The number of hydrogen-bond donors (Lipinski definition) is 0. The summed E-state index contributed by atoms with van der Waals surface area (Å²) in [6, 6.07) is 53.3. The number of nitrogens with zero attached hydrogens (tertiary/aromatic N) is 2. The molecule has 0 aliphatic heterocycles. The molecule has 3 heteroatoms. The number of fused-ring (bicyclic) bond motifs is 12. The summed E-state index contributed by atoms with van der Waals surface area (Å²) < 4.78 is 7.56. The van der Waals surface area contributed by atoms with Crippen LogP contribution in [0.2, 0.25) is 0 Å². The summed E-state index contributed by atoms with van der Waals surface area (Å²) in [5.41, 5.74) is 7.34. The lowest BCUT2D eigenvalue weighted by Gasteiger charge is -2.11. The van der Waals surface area contributed by atoms with Gasteiger partial charge in [-0.25, -0.2) is 0 Å². The summed E-state index contributed by atoms with van der Waals surface area (Å²) in [4.78, 5) is 0. The average Bonchev–Trinajstić information content (AvgIpc) is 3.73. The molecule has 0 unspecified atom stereocenters. The van der Waals surface area contributed by atoms with Crippen molar-refractivity contribution >= 4 is 85.9 Å². The minimum Gasteiger partial charge on any atom is -0.309 e. The third-order valence-corrected chi connectivity index (χ3v) is 10.2. The Balaban J connectivity index is 1.43. The topological polar surface area (TPSA) is 9.86 Å². The molecule has 3 aromatic heterocycles. The first-order valence-corrected chi connectivity index (χ1v) is 15.5. The van der Waals surface area contributed by atoms with Gasteiger partial charge < -0.3 is 9.13 Å². The Hall–Kier alpha value is -5.38. The number of thiophene rings is 1. The number of hydrogen-bond acceptors (Lipinski definition) is 1. The number of rotatable bonds is 2. The number of para-hydroxylation sites is 3. The highest BCUT2D eigenvalue weighted by molar-refractivity contribution is 7.25. The van der Waals surface area contributed by atoms with Crippen molar-refractivity contribution in [2.24, 2.45) is 0 Å². The quantitative estimate of drug-likeness (QED) is 0.198. The highest BCUT2D eigenvalue weighted by Crippen LogP contribution is 2.45. The van der Waals surface area contributed by atoms with Crippen LogP contribution in [0.5, 0.6) is 0 Å². The van der Waals surface area contributed by atoms with E-state index in [9.17, 15) is 0 Å². The van der Waals surface area contributed by atoms with Crippen molar-refractivity contribution in [3.05, 3.63) is 146 Å². The first-order chi connectivity index (χ1) is 21.4. The fourth-order valence-corrected chi connectivity index (χ4v) is 8.52. The van der Waals surface area contributed by atoms with Crippen LogP contribution in [0.1, 0.15) is 0 Å². The first-order valence-electron chi connectivity index (χ1n) is 14.7. The lowest BCUT2D eigenvalue weighted by molar-refractivity contribution is 1.18. The molecule has 0 radical (unpaired) electrons. The van der Waals surface area contributed by atoms with Gasteiger partial charge >= 0.3 is 0 Å². The van der Waals surface area contributed by atoms with Gasteiger partial charge in [0.2, 0.25) is 0 Å². The molecule has 0 fully saturated rings. The van der Waals surface area contributed by atoms with Gasteiger partial charge in [-0.2, -0.15) is 0 Å². The SMILES string of the molecule is c1ccc(-n2c3ccccc3c3c4c(ccc32)ccc2c4c3ccccc3n2-c2cccc3sc4ccccc4c23)cc1. The van der Waals surface area contributed by atoms with Crippen LogP contribution >= 0.6 is 11.3 Å². The van der Waals surface area contributed by atoms with Gasteiger partial charge in [0.15, 0.2) is 0 Å². The van der Waals surface area contributed by atoms with E-state index < -0.39 is 0 Å². The van der Waals surface area contributed by atoms with Gasteiger partial charge in [-0.3, -0.25) is 0 Å². The van der Waals surface area contributed by atoms with Gasteiger partial charge in [0.25, 0.3) is 0 Å². The normalized spacial score (nSPS) is 12.2. The molecule has 10 aromatic rings. The second-order valence-electron chi connectivity index (χ2n) is 11.3. The Morgan fingerprint density at radius 3 is 1.67 bits per heavy atom. The zero-order chi connectivity index (χ0) is 28.1. The molecule has 0 saturated carbocycles. The first kappa shape index (κ1) is 23.2. The Morgan fingerprint density at radius 2 is 0.930 bits per heavy atom. The van der Waals surface area contributed by atoms with Crippen molar-refractivity contribution in [3.63, 3.8) is 0 Å². The van der Waals surface area contributed by atoms with Crippen molar-refractivity contribution in [2.45, 2.75) is 0 Å². The van der Waals surface area contributed by atoms with Gasteiger partial charge in [-0.15, -0.1) is 11.3 Å². The maximum Gasteiger partial charge on any atom is 0.0555 e. The molecule has 0 N–H and O–H groups in total. The smallest absolute Gasteiger partial charge is 0.0555 e. The van der Waals surface area contributed by atoms with Crippen LogP contribution in [-0.4, -0.2) is 9.13 Å². The van der Waals surface area contributed by atoms with Crippen LogP contribution in [0, 0.1) is 0 Å². The molecular weight excluding hydrogens is 541 g/mol. The Kier molecular flexibility index (Phi) is 4.63. The van der Waals surface area contributed by atoms with Crippen LogP contribution in [-0.2, 0) is 0 Å². The fraction of sp³-hybridized carbons (Fsp3) is 0.